The molecule has 3 unspecified atom stereocenters. The molecule has 5 aromatic carbocycles. The van der Waals surface area contributed by atoms with Gasteiger partial charge in [0.2, 0.25) is 17.7 Å². The summed E-state index contributed by atoms with van der Waals surface area (Å²) in [6.07, 6.45) is 8.61. The number of ether oxygens (including phenoxy) is 3. The van der Waals surface area contributed by atoms with Crippen molar-refractivity contribution >= 4 is 68.1 Å². The summed E-state index contributed by atoms with van der Waals surface area (Å²) in [6.45, 7) is 32.3. The van der Waals surface area contributed by atoms with Gasteiger partial charge in [-0.1, -0.05) is 111 Å². The summed E-state index contributed by atoms with van der Waals surface area (Å²) in [5, 5.41) is 15.0. The van der Waals surface area contributed by atoms with Crippen LogP contribution in [-0.2, 0) is 53.3 Å². The van der Waals surface area contributed by atoms with E-state index in [0.717, 1.165) is 167 Å². The second-order valence-electron chi connectivity index (χ2n) is 30.1. The Labute approximate surface area is 647 Å². The van der Waals surface area contributed by atoms with E-state index in [9.17, 15) is 19.5 Å². The summed E-state index contributed by atoms with van der Waals surface area (Å²) in [5.74, 6) is 3.03. The molecule has 8 aromatic rings. The number of rotatable bonds is 21. The number of fused-ring (bicyclic) bond motifs is 5. The summed E-state index contributed by atoms with van der Waals surface area (Å²) >= 11 is 0. The van der Waals surface area contributed by atoms with Gasteiger partial charge >= 0.3 is 18.0 Å². The molecule has 4 saturated heterocycles. The first-order valence-corrected chi connectivity index (χ1v) is 39.0. The van der Waals surface area contributed by atoms with Crippen LogP contribution in [0.15, 0.2) is 147 Å². The molecular weight excluding hydrogens is 1390 g/mol. The molecule has 4 fully saturated rings. The van der Waals surface area contributed by atoms with Crippen LogP contribution in [0.4, 0.5) is 28.8 Å². The summed E-state index contributed by atoms with van der Waals surface area (Å²) in [4.78, 5) is 91.8. The summed E-state index contributed by atoms with van der Waals surface area (Å²) in [5.41, 5.74) is 10.1. The van der Waals surface area contributed by atoms with Gasteiger partial charge in [0, 0.05) is 182 Å². The molecule has 0 bridgehead atoms. The van der Waals surface area contributed by atoms with Gasteiger partial charge in [-0.3, -0.25) is 19.3 Å². The Hall–Kier alpha value is -10.5. The van der Waals surface area contributed by atoms with Crippen LogP contribution >= 0.6 is 0 Å². The van der Waals surface area contributed by atoms with Crippen molar-refractivity contribution in [3.05, 3.63) is 186 Å². The molecule has 3 aromatic heterocycles. The summed E-state index contributed by atoms with van der Waals surface area (Å²) < 4.78 is 18.6. The first-order valence-electron chi connectivity index (χ1n) is 39.0. The van der Waals surface area contributed by atoms with Gasteiger partial charge in [-0.2, -0.15) is 29.9 Å². The lowest BCUT2D eigenvalue weighted by molar-refractivity contribution is -0.127. The SMILES string of the molecule is C=CC(=O)N1CCN(c2nc(OC(C)CN(C)C)nc3c2CCN(c2cccc4ccccc24)C3)CC1.C=CC(=O)N1CCN(c2nc(OC3CCN(C)C3)nc3c2CCN(c2cc(O)cc4ccccc24)C3)CC1.C=CC(=O)N1CCN(c2nc(OCCCN(C)C)nc3c2CCN(C(C)c2ccccc2)C3)CC1. The van der Waals surface area contributed by atoms with E-state index < -0.39 is 0 Å². The third kappa shape index (κ3) is 18.7. The number of phenolic OH excluding ortho intramolecular Hbond substituents is 1. The smallest absolute Gasteiger partial charge is 0.318 e. The number of amides is 3. The standard InChI is InChI=1S/C29H34N6O3.C29H36N6O2.C27H38N6O2/c1-3-27(37)33-12-14-34(15-13-33)28-24-9-11-35(26-17-21(36)16-20-6-4-5-7-23(20)26)19-25(24)30-29(31-28)38-22-8-10-32(2)18-22;1-5-27(36)33-15-17-34(18-16-33)28-24-13-14-35(26-12-8-10-22-9-6-7-11-23(22)26)20-25(24)30-29(31-28)37-21(2)19-32(3)4;1-5-25(34)31-15-17-32(18-16-31)26-23-12-14-33(21(2)22-10-7-6-8-11-22)20-24(23)28-27(29-26)35-19-9-13-30(3)4/h3-7,16-17,22,36H,1,8-15,18-19H2,2H3;5-12,21H,1,13-20H2,2-4H3;5-8,10-11,21H,1,9,12-20H2,2-4H3. The average Bonchev–Trinajstić information content (AvgIpc) is 0.938. The lowest BCUT2D eigenvalue weighted by Crippen LogP contribution is -2.49. The van der Waals surface area contributed by atoms with Gasteiger partial charge in [-0.25, -0.2) is 0 Å². The van der Waals surface area contributed by atoms with Crippen molar-refractivity contribution in [2.75, 3.05) is 191 Å². The van der Waals surface area contributed by atoms with E-state index in [1.807, 2.05) is 60.0 Å². The number of hydrogen-bond donors (Lipinski definition) is 1. The Bertz CT molecular complexity index is 4550. The Morgan fingerprint density at radius 1 is 0.518 bits per heavy atom. The van der Waals surface area contributed by atoms with Crippen molar-refractivity contribution in [1.82, 2.24) is 64.2 Å². The minimum atomic E-state index is -0.0410. The fourth-order valence-electron chi connectivity index (χ4n) is 16.1. The summed E-state index contributed by atoms with van der Waals surface area (Å²) in [6, 6.07) is 39.0. The Kier molecular flexibility index (Phi) is 25.4. The average molecular weight is 1490 g/mol. The van der Waals surface area contributed by atoms with Crippen molar-refractivity contribution in [3.63, 3.8) is 0 Å². The van der Waals surface area contributed by atoms with Crippen molar-refractivity contribution in [1.29, 1.82) is 0 Å². The zero-order valence-electron chi connectivity index (χ0n) is 65.2. The second kappa shape index (κ2) is 35.9. The zero-order valence-corrected chi connectivity index (χ0v) is 65.2. The van der Waals surface area contributed by atoms with Crippen molar-refractivity contribution in [2.45, 2.75) is 83.8 Å². The van der Waals surface area contributed by atoms with E-state index >= 15 is 0 Å². The minimum Gasteiger partial charge on any atom is -0.508 e. The number of anilines is 5. The Morgan fingerprint density at radius 3 is 1.55 bits per heavy atom. The second-order valence-corrected chi connectivity index (χ2v) is 30.1. The van der Waals surface area contributed by atoms with E-state index in [4.69, 9.17) is 44.1 Å². The van der Waals surface area contributed by atoms with Gasteiger partial charge < -0.3 is 73.2 Å². The molecule has 580 valence electrons. The highest BCUT2D eigenvalue weighted by Gasteiger charge is 2.35. The Morgan fingerprint density at radius 2 is 1.00 bits per heavy atom. The molecule has 15 rings (SSSR count). The number of phenols is 1. The number of aromatic nitrogens is 6. The van der Waals surface area contributed by atoms with E-state index in [-0.39, 0.29) is 35.7 Å². The van der Waals surface area contributed by atoms with Crippen LogP contribution in [0.2, 0.25) is 0 Å². The van der Waals surface area contributed by atoms with Gasteiger partial charge in [0.05, 0.1) is 36.8 Å². The number of aromatic hydroxyl groups is 1. The van der Waals surface area contributed by atoms with E-state index in [1.165, 1.54) is 51.4 Å². The van der Waals surface area contributed by atoms with Gasteiger partial charge in [-0.15, -0.1) is 0 Å². The molecule has 0 aliphatic carbocycles. The number of carbonyl (C=O) groups is 3. The molecule has 7 aliphatic heterocycles. The van der Waals surface area contributed by atoms with Crippen LogP contribution in [0.3, 0.4) is 0 Å². The van der Waals surface area contributed by atoms with E-state index in [0.29, 0.717) is 96.1 Å². The van der Waals surface area contributed by atoms with Crippen molar-refractivity contribution in [3.8, 4) is 23.8 Å². The van der Waals surface area contributed by atoms with Gasteiger partial charge in [0.25, 0.3) is 0 Å². The maximum absolute atomic E-state index is 12.1. The third-order valence-electron chi connectivity index (χ3n) is 21.9. The van der Waals surface area contributed by atoms with Crippen LogP contribution in [0.5, 0.6) is 23.8 Å². The van der Waals surface area contributed by atoms with Crippen LogP contribution < -0.4 is 38.7 Å². The lowest BCUT2D eigenvalue weighted by Gasteiger charge is -2.38. The van der Waals surface area contributed by atoms with Crippen molar-refractivity contribution < 1.29 is 33.7 Å². The quantitative estimate of drug-likeness (QED) is 0.0525. The number of likely N-dealkylation sites (N-methyl/N-ethyl adjacent to an activating group) is 2. The number of piperazine rings is 3. The highest BCUT2D eigenvalue weighted by molar-refractivity contribution is 5.96. The molecule has 0 spiro atoms. The number of nitrogens with zero attached hydrogens (tertiary/aromatic N) is 18. The van der Waals surface area contributed by atoms with Crippen LogP contribution in [-0.4, -0.2) is 265 Å². The molecule has 3 atom stereocenters. The molecule has 1 N–H and O–H groups in total. The molecule has 25 heteroatoms. The molecule has 110 heavy (non-hydrogen) atoms. The van der Waals surface area contributed by atoms with Gasteiger partial charge in [0.1, 0.15) is 35.4 Å². The molecule has 10 heterocycles. The molecular formula is C85H108N18O7. The molecule has 0 radical (unpaired) electrons. The minimum absolute atomic E-state index is 0.00942. The monoisotopic (exact) mass is 1490 g/mol. The topological polar surface area (TPSA) is 215 Å². The first kappa shape index (κ1) is 77.7. The zero-order chi connectivity index (χ0) is 77.0. The number of benzene rings is 5. The fraction of sp³-hybridized carbons (Fsp3) is 0.447. The van der Waals surface area contributed by atoms with E-state index in [2.05, 4.69) is 171 Å². The molecule has 0 saturated carbocycles. The van der Waals surface area contributed by atoms with Crippen molar-refractivity contribution in [2.24, 2.45) is 0 Å². The fourth-order valence-corrected chi connectivity index (χ4v) is 16.1. The highest BCUT2D eigenvalue weighted by Crippen LogP contribution is 2.40. The largest absolute Gasteiger partial charge is 0.508 e. The predicted molar refractivity (Wildman–Crippen MR) is 435 cm³/mol. The molecule has 25 nitrogen and oxygen atoms in total. The highest BCUT2D eigenvalue weighted by atomic mass is 16.5. The van der Waals surface area contributed by atoms with Crippen LogP contribution in [0.25, 0.3) is 21.5 Å². The predicted octanol–water partition coefficient (Wildman–Crippen LogP) is 8.93. The normalized spacial score (nSPS) is 18.0. The maximum atomic E-state index is 12.1. The molecule has 7 aliphatic rings. The van der Waals surface area contributed by atoms with Gasteiger partial charge in [-0.05, 0) is 128 Å². The molecule has 3 amide bonds. The first-order chi connectivity index (χ1) is 53.4. The number of hydrogen-bond acceptors (Lipinski definition) is 22. The van der Waals surface area contributed by atoms with Crippen LogP contribution in [0, 0.1) is 0 Å². The van der Waals surface area contributed by atoms with E-state index in [1.54, 1.807) is 6.07 Å². The third-order valence-corrected chi connectivity index (χ3v) is 21.9. The summed E-state index contributed by atoms with van der Waals surface area (Å²) in [7, 11) is 10.3. The van der Waals surface area contributed by atoms with Crippen LogP contribution in [0.1, 0.15) is 72.1 Å². The van der Waals surface area contributed by atoms with Gasteiger partial charge in [0.15, 0.2) is 0 Å². The lowest BCUT2D eigenvalue weighted by atomic mass is 10.00. The Balaban J connectivity index is 0.000000145. The number of likely N-dealkylation sites (tertiary alicyclic amines) is 1. The number of carbonyl (C=O) groups excluding carboxylic acids is 3. The maximum Gasteiger partial charge on any atom is 0.318 e.